The van der Waals surface area contributed by atoms with Gasteiger partial charge in [-0.05, 0) is 72.2 Å². The zero-order valence-electron chi connectivity index (χ0n) is 21.6. The first-order chi connectivity index (χ1) is 18.7. The van der Waals surface area contributed by atoms with Gasteiger partial charge in [-0.15, -0.1) is 0 Å². The molecule has 202 valence electrons. The van der Waals surface area contributed by atoms with E-state index in [1.54, 1.807) is 42.5 Å². The molecule has 3 aromatic carbocycles. The Balaban J connectivity index is 1.64. The summed E-state index contributed by atoms with van der Waals surface area (Å²) in [5, 5.41) is 1.23. The van der Waals surface area contributed by atoms with Gasteiger partial charge in [-0.3, -0.25) is 14.5 Å². The predicted molar refractivity (Wildman–Crippen MR) is 156 cm³/mol. The lowest BCUT2D eigenvalue weighted by atomic mass is 10.1. The number of esters is 1. The van der Waals surface area contributed by atoms with E-state index in [0.29, 0.717) is 32.8 Å². The molecular weight excluding hydrogens is 559 g/mol. The van der Waals surface area contributed by atoms with E-state index >= 15 is 0 Å². The minimum atomic E-state index is -0.526. The smallest absolute Gasteiger partial charge is 0.325 e. The molecule has 1 aliphatic rings. The number of hydrogen-bond donors (Lipinski definition) is 0. The number of carbonyl (C=O) groups is 2. The fourth-order valence-electron chi connectivity index (χ4n) is 3.98. The topological polar surface area (TPSA) is 68.3 Å². The van der Waals surface area contributed by atoms with Crippen molar-refractivity contribution < 1.29 is 23.8 Å². The van der Waals surface area contributed by atoms with Gasteiger partial charge in [0.25, 0.3) is 5.91 Å². The number of carbonyl (C=O) groups excluding carboxylic acids is 2. The maximum atomic E-state index is 13.6. The highest BCUT2D eigenvalue weighted by atomic mass is 35.5. The lowest BCUT2D eigenvalue weighted by molar-refractivity contribution is -0.140. The molecule has 3 aromatic rings. The number of benzene rings is 3. The van der Waals surface area contributed by atoms with E-state index in [2.05, 4.69) is 6.92 Å². The van der Waals surface area contributed by atoms with Crippen molar-refractivity contribution in [2.75, 3.05) is 25.7 Å². The molecule has 1 saturated heterocycles. The van der Waals surface area contributed by atoms with E-state index in [1.165, 1.54) is 24.0 Å². The van der Waals surface area contributed by atoms with E-state index in [0.717, 1.165) is 17.5 Å². The monoisotopic (exact) mass is 584 g/mol. The van der Waals surface area contributed by atoms with Gasteiger partial charge in [0.15, 0.2) is 16.6 Å². The van der Waals surface area contributed by atoms with Crippen LogP contribution in [0.3, 0.4) is 0 Å². The third kappa shape index (κ3) is 6.36. The molecule has 39 heavy (non-hydrogen) atoms. The van der Waals surface area contributed by atoms with Gasteiger partial charge < -0.3 is 19.1 Å². The lowest BCUT2D eigenvalue weighted by Crippen LogP contribution is -2.35. The summed E-state index contributed by atoms with van der Waals surface area (Å²) in [7, 11) is 2.81. The number of halogens is 2. The molecule has 0 N–H and O–H groups in total. The number of amides is 1. The number of anilines is 1. The number of ether oxygens (including phenoxy) is 3. The Kier molecular flexibility index (Phi) is 9.12. The van der Waals surface area contributed by atoms with E-state index in [9.17, 15) is 9.59 Å². The highest BCUT2D eigenvalue weighted by Gasteiger charge is 2.40. The van der Waals surface area contributed by atoms with E-state index < -0.39 is 5.97 Å². The molecule has 0 spiro atoms. The van der Waals surface area contributed by atoms with Gasteiger partial charge in [0.1, 0.15) is 18.8 Å². The molecule has 0 radical (unpaired) electrons. The molecule has 1 amide bonds. The third-order valence-electron chi connectivity index (χ3n) is 6.14. The first-order valence-corrected chi connectivity index (χ1v) is 13.2. The van der Waals surface area contributed by atoms with Crippen molar-refractivity contribution in [3.05, 3.63) is 93.1 Å². The summed E-state index contributed by atoms with van der Waals surface area (Å²) < 4.78 is 16.3. The standard InChI is InChI=1S/C29H26Cl2N2O5S/c1-4-18-5-10-22(11-6-18)33-28(35)24(32(29(33)39)16-27(34)37-3)13-19-7-12-25(26(14-19)36-2)38-17-20-8-9-21(30)15-23(20)31/h5-15H,4,16-17H2,1-3H3/b24-13-. The van der Waals surface area contributed by atoms with Crippen molar-refractivity contribution in [3.63, 3.8) is 0 Å². The summed E-state index contributed by atoms with van der Waals surface area (Å²) in [5.41, 5.74) is 3.39. The van der Waals surface area contributed by atoms with Gasteiger partial charge in [-0.25, -0.2) is 0 Å². The largest absolute Gasteiger partial charge is 0.493 e. The first kappa shape index (κ1) is 28.4. The van der Waals surface area contributed by atoms with Crippen molar-refractivity contribution in [1.29, 1.82) is 0 Å². The van der Waals surface area contributed by atoms with Crippen LogP contribution >= 0.6 is 35.4 Å². The van der Waals surface area contributed by atoms with Gasteiger partial charge in [-0.1, -0.05) is 54.4 Å². The number of nitrogens with zero attached hydrogens (tertiary/aromatic N) is 2. The van der Waals surface area contributed by atoms with Gasteiger partial charge >= 0.3 is 5.97 Å². The van der Waals surface area contributed by atoms with Crippen LogP contribution in [-0.2, 0) is 27.4 Å². The average Bonchev–Trinajstić information content (AvgIpc) is 3.16. The van der Waals surface area contributed by atoms with Crippen LogP contribution in [0.5, 0.6) is 11.5 Å². The highest BCUT2D eigenvalue weighted by molar-refractivity contribution is 7.80. The predicted octanol–water partition coefficient (Wildman–Crippen LogP) is 6.29. The zero-order chi connectivity index (χ0) is 28.1. The minimum absolute atomic E-state index is 0.188. The van der Waals surface area contributed by atoms with Crippen LogP contribution in [0.15, 0.2) is 66.4 Å². The summed E-state index contributed by atoms with van der Waals surface area (Å²) in [4.78, 5) is 28.7. The number of hydrogen-bond acceptors (Lipinski definition) is 6. The second kappa shape index (κ2) is 12.5. The second-order valence-electron chi connectivity index (χ2n) is 8.57. The lowest BCUT2D eigenvalue weighted by Gasteiger charge is -2.19. The molecule has 10 heteroatoms. The van der Waals surface area contributed by atoms with Crippen LogP contribution in [0.2, 0.25) is 10.0 Å². The Bertz CT molecular complexity index is 1440. The Hall–Kier alpha value is -3.59. The summed E-state index contributed by atoms with van der Waals surface area (Å²) in [5.74, 6) is 0.0585. The number of aryl methyl sites for hydroxylation is 1. The Labute approximate surface area is 242 Å². The minimum Gasteiger partial charge on any atom is -0.493 e. The Morgan fingerprint density at radius 1 is 1.00 bits per heavy atom. The van der Waals surface area contributed by atoms with Crippen LogP contribution in [-0.4, -0.2) is 42.7 Å². The van der Waals surface area contributed by atoms with Crippen molar-refractivity contribution in [1.82, 2.24) is 4.90 Å². The summed E-state index contributed by atoms with van der Waals surface area (Å²) in [6, 6.07) is 18.0. The zero-order valence-corrected chi connectivity index (χ0v) is 23.9. The summed E-state index contributed by atoms with van der Waals surface area (Å²) >= 11 is 17.9. The fourth-order valence-corrected chi connectivity index (χ4v) is 4.79. The van der Waals surface area contributed by atoms with Crippen LogP contribution in [0.1, 0.15) is 23.6 Å². The maximum absolute atomic E-state index is 13.6. The van der Waals surface area contributed by atoms with Crippen LogP contribution < -0.4 is 14.4 Å². The van der Waals surface area contributed by atoms with Crippen molar-refractivity contribution >= 4 is 64.2 Å². The van der Waals surface area contributed by atoms with E-state index in [1.807, 2.05) is 24.3 Å². The quantitative estimate of drug-likeness (QED) is 0.166. The van der Waals surface area contributed by atoms with Gasteiger partial charge in [0, 0.05) is 15.6 Å². The average molecular weight is 586 g/mol. The third-order valence-corrected chi connectivity index (χ3v) is 7.13. The maximum Gasteiger partial charge on any atom is 0.325 e. The second-order valence-corrected chi connectivity index (χ2v) is 9.78. The van der Waals surface area contributed by atoms with E-state index in [4.69, 9.17) is 49.6 Å². The van der Waals surface area contributed by atoms with Crippen LogP contribution in [0.25, 0.3) is 6.08 Å². The molecule has 1 fully saturated rings. The normalized spacial score (nSPS) is 14.2. The molecular formula is C29H26Cl2N2O5S. The van der Waals surface area contributed by atoms with Gasteiger partial charge in [0.05, 0.1) is 19.9 Å². The van der Waals surface area contributed by atoms with Crippen LogP contribution in [0, 0.1) is 0 Å². The molecule has 0 bridgehead atoms. The molecule has 0 unspecified atom stereocenters. The fraction of sp³-hybridized carbons (Fsp3) is 0.207. The molecule has 7 nitrogen and oxygen atoms in total. The first-order valence-electron chi connectivity index (χ1n) is 12.0. The van der Waals surface area contributed by atoms with Crippen molar-refractivity contribution in [2.24, 2.45) is 0 Å². The van der Waals surface area contributed by atoms with Crippen molar-refractivity contribution in [2.45, 2.75) is 20.0 Å². The molecule has 0 atom stereocenters. The molecule has 0 aromatic heterocycles. The van der Waals surface area contributed by atoms with Gasteiger partial charge in [0.2, 0.25) is 0 Å². The Morgan fingerprint density at radius 2 is 1.74 bits per heavy atom. The van der Waals surface area contributed by atoms with Crippen molar-refractivity contribution in [3.8, 4) is 11.5 Å². The SMILES string of the molecule is CCc1ccc(N2C(=O)/C(=C/c3ccc(OCc4ccc(Cl)cc4Cl)c(OC)c3)N(CC(=O)OC)C2=S)cc1. The molecule has 0 saturated carbocycles. The molecule has 0 aliphatic carbocycles. The highest BCUT2D eigenvalue weighted by Crippen LogP contribution is 2.33. The summed E-state index contributed by atoms with van der Waals surface area (Å²) in [6.45, 7) is 2.05. The molecule has 1 aliphatic heterocycles. The molecule has 4 rings (SSSR count). The van der Waals surface area contributed by atoms with Crippen LogP contribution in [0.4, 0.5) is 5.69 Å². The molecule has 1 heterocycles. The number of thiocarbonyl (C=S) groups is 1. The number of methoxy groups -OCH3 is 2. The summed E-state index contributed by atoms with van der Waals surface area (Å²) in [6.07, 6.45) is 2.52. The van der Waals surface area contributed by atoms with Gasteiger partial charge in [-0.2, -0.15) is 0 Å². The van der Waals surface area contributed by atoms with E-state index in [-0.39, 0.29) is 29.9 Å². The Morgan fingerprint density at radius 3 is 2.38 bits per heavy atom. The number of rotatable bonds is 9.